The summed E-state index contributed by atoms with van der Waals surface area (Å²) in [6.07, 6.45) is 1.80. The van der Waals surface area contributed by atoms with Crippen molar-refractivity contribution in [2.75, 3.05) is 7.11 Å². The molecule has 1 aromatic rings. The number of carbonyl (C=O) groups is 3. The van der Waals surface area contributed by atoms with Gasteiger partial charge in [-0.1, -0.05) is 0 Å². The highest BCUT2D eigenvalue weighted by molar-refractivity contribution is 8.00. The Bertz CT molecular complexity index is 533. The van der Waals surface area contributed by atoms with E-state index in [1.54, 1.807) is 31.2 Å². The number of aliphatic carboxylic acids is 1. The van der Waals surface area contributed by atoms with Gasteiger partial charge >= 0.3 is 11.9 Å². The van der Waals surface area contributed by atoms with E-state index in [0.717, 1.165) is 17.0 Å². The fourth-order valence-electron chi connectivity index (χ4n) is 1.36. The number of esters is 1. The van der Waals surface area contributed by atoms with Crippen molar-refractivity contribution >= 4 is 29.5 Å². The van der Waals surface area contributed by atoms with E-state index in [2.05, 4.69) is 4.74 Å². The van der Waals surface area contributed by atoms with Gasteiger partial charge in [-0.05, 0) is 37.3 Å². The Labute approximate surface area is 120 Å². The number of hydrogen-bond donors (Lipinski definition) is 1. The Morgan fingerprint density at radius 2 is 1.80 bits per heavy atom. The monoisotopic (exact) mass is 294 g/mol. The molecule has 20 heavy (non-hydrogen) atoms. The van der Waals surface area contributed by atoms with Gasteiger partial charge in [0, 0.05) is 16.5 Å². The number of methoxy groups -OCH3 is 1. The molecule has 1 atom stereocenters. The zero-order valence-corrected chi connectivity index (χ0v) is 11.8. The van der Waals surface area contributed by atoms with E-state index < -0.39 is 5.97 Å². The van der Waals surface area contributed by atoms with Crippen molar-refractivity contribution < 1.29 is 24.2 Å². The molecule has 106 valence electrons. The Hall–Kier alpha value is -2.08. The number of hydrogen-bond acceptors (Lipinski definition) is 5. The second-order valence-corrected chi connectivity index (χ2v) is 5.26. The Balaban J connectivity index is 2.71. The minimum absolute atomic E-state index is 0.320. The number of ketones is 1. The fourth-order valence-corrected chi connectivity index (χ4v) is 2.25. The first kappa shape index (κ1) is 16.0. The van der Waals surface area contributed by atoms with E-state index >= 15 is 0 Å². The molecular formula is C14H14O5S. The molecule has 1 rings (SSSR count). The molecule has 1 aromatic carbocycles. The van der Waals surface area contributed by atoms with Gasteiger partial charge in [0.1, 0.15) is 5.25 Å². The average Bonchev–Trinajstić information content (AvgIpc) is 2.44. The van der Waals surface area contributed by atoms with Crippen molar-refractivity contribution in [3.05, 3.63) is 42.0 Å². The molecule has 0 aliphatic rings. The van der Waals surface area contributed by atoms with Crippen LogP contribution in [0.5, 0.6) is 0 Å². The molecule has 0 aliphatic heterocycles. The smallest absolute Gasteiger partial charge is 0.328 e. The van der Waals surface area contributed by atoms with Crippen molar-refractivity contribution in [1.82, 2.24) is 0 Å². The maximum atomic E-state index is 11.6. The Kier molecular flexibility index (Phi) is 5.99. The maximum absolute atomic E-state index is 11.6. The molecule has 0 fully saturated rings. The van der Waals surface area contributed by atoms with E-state index in [4.69, 9.17) is 5.11 Å². The van der Waals surface area contributed by atoms with Crippen LogP contribution in [0.2, 0.25) is 0 Å². The molecule has 0 saturated carbocycles. The molecule has 0 radical (unpaired) electrons. The van der Waals surface area contributed by atoms with Crippen LogP contribution in [0, 0.1) is 0 Å². The summed E-state index contributed by atoms with van der Waals surface area (Å²) in [5.41, 5.74) is 0.387. The summed E-state index contributed by atoms with van der Waals surface area (Å²) in [7, 11) is 1.33. The largest absolute Gasteiger partial charge is 0.478 e. The molecular weight excluding hydrogens is 280 g/mol. The van der Waals surface area contributed by atoms with E-state index in [0.29, 0.717) is 5.56 Å². The van der Waals surface area contributed by atoms with Crippen molar-refractivity contribution in [2.24, 2.45) is 0 Å². The number of carbonyl (C=O) groups excluding carboxylic acids is 2. The third kappa shape index (κ3) is 4.89. The van der Waals surface area contributed by atoms with E-state index in [1.807, 2.05) is 0 Å². The number of carboxylic acids is 1. The number of rotatable bonds is 6. The van der Waals surface area contributed by atoms with Crippen LogP contribution in [0.4, 0.5) is 0 Å². The van der Waals surface area contributed by atoms with Gasteiger partial charge < -0.3 is 9.84 Å². The highest BCUT2D eigenvalue weighted by Crippen LogP contribution is 2.24. The van der Waals surface area contributed by atoms with Crippen molar-refractivity contribution in [3.8, 4) is 0 Å². The molecule has 0 saturated heterocycles. The number of benzene rings is 1. The van der Waals surface area contributed by atoms with Gasteiger partial charge in [0.05, 0.1) is 7.11 Å². The lowest BCUT2D eigenvalue weighted by molar-refractivity contribution is -0.139. The second kappa shape index (κ2) is 7.49. The van der Waals surface area contributed by atoms with Crippen molar-refractivity contribution in [2.45, 2.75) is 17.1 Å². The van der Waals surface area contributed by atoms with Crippen LogP contribution in [0.25, 0.3) is 0 Å². The maximum Gasteiger partial charge on any atom is 0.328 e. The van der Waals surface area contributed by atoms with Crippen LogP contribution in [0.15, 0.2) is 41.3 Å². The first-order valence-electron chi connectivity index (χ1n) is 5.74. The predicted molar refractivity (Wildman–Crippen MR) is 74.9 cm³/mol. The quantitative estimate of drug-likeness (QED) is 0.375. The van der Waals surface area contributed by atoms with Crippen LogP contribution in [-0.4, -0.2) is 35.2 Å². The molecule has 5 nitrogen and oxygen atoms in total. The lowest BCUT2D eigenvalue weighted by atomic mass is 10.1. The summed E-state index contributed by atoms with van der Waals surface area (Å²) in [6, 6.07) is 6.57. The van der Waals surface area contributed by atoms with Crippen LogP contribution < -0.4 is 0 Å². The number of allylic oxidation sites excluding steroid dienone is 1. The molecule has 0 aliphatic carbocycles. The average molecular weight is 294 g/mol. The summed E-state index contributed by atoms with van der Waals surface area (Å²) in [5.74, 6) is -1.87. The summed E-state index contributed by atoms with van der Waals surface area (Å²) in [6.45, 7) is 1.73. The van der Waals surface area contributed by atoms with Gasteiger partial charge in [0.2, 0.25) is 0 Å². The Morgan fingerprint density at radius 3 is 2.30 bits per heavy atom. The normalized spacial score (nSPS) is 12.1. The Morgan fingerprint density at radius 1 is 1.20 bits per heavy atom. The zero-order chi connectivity index (χ0) is 15.1. The van der Waals surface area contributed by atoms with Crippen LogP contribution in [-0.2, 0) is 14.3 Å². The first-order valence-corrected chi connectivity index (χ1v) is 6.62. The predicted octanol–water partition coefficient (Wildman–Crippen LogP) is 2.16. The van der Waals surface area contributed by atoms with Gasteiger partial charge in [-0.15, -0.1) is 11.8 Å². The minimum Gasteiger partial charge on any atom is -0.478 e. The highest BCUT2D eigenvalue weighted by Gasteiger charge is 2.14. The molecule has 1 unspecified atom stereocenters. The lowest BCUT2D eigenvalue weighted by Crippen LogP contribution is -2.14. The first-order chi connectivity index (χ1) is 9.43. The third-order valence-electron chi connectivity index (χ3n) is 2.36. The van der Waals surface area contributed by atoms with Crippen molar-refractivity contribution in [3.63, 3.8) is 0 Å². The third-order valence-corrected chi connectivity index (χ3v) is 3.45. The number of ether oxygens (including phenoxy) is 1. The molecule has 0 aromatic heterocycles. The van der Waals surface area contributed by atoms with Crippen LogP contribution in [0.3, 0.4) is 0 Å². The summed E-state index contributed by atoms with van der Waals surface area (Å²) < 4.78 is 4.62. The van der Waals surface area contributed by atoms with Crippen LogP contribution >= 0.6 is 11.8 Å². The molecule has 1 N–H and O–H groups in total. The highest BCUT2D eigenvalue weighted by atomic mass is 32.2. The van der Waals surface area contributed by atoms with Gasteiger partial charge in [-0.2, -0.15) is 0 Å². The van der Waals surface area contributed by atoms with Gasteiger partial charge in [0.15, 0.2) is 5.78 Å². The standard InChI is InChI=1S/C14H14O5S/c1-9(14(18)19-2)20-11-5-3-10(4-6-11)12(15)7-8-13(16)17/h3-9H,1-2H3,(H,16,17)/b8-7+. The SMILES string of the molecule is COC(=O)C(C)Sc1ccc(C(=O)/C=C/C(=O)O)cc1. The lowest BCUT2D eigenvalue weighted by Gasteiger charge is -2.08. The second-order valence-electron chi connectivity index (χ2n) is 3.84. The summed E-state index contributed by atoms with van der Waals surface area (Å²) in [4.78, 5) is 34.0. The molecule has 6 heteroatoms. The summed E-state index contributed by atoms with van der Waals surface area (Å²) in [5, 5.41) is 8.10. The van der Waals surface area contributed by atoms with E-state index in [1.165, 1.54) is 18.9 Å². The van der Waals surface area contributed by atoms with Gasteiger partial charge in [-0.3, -0.25) is 9.59 Å². The van der Waals surface area contributed by atoms with Crippen LogP contribution in [0.1, 0.15) is 17.3 Å². The number of thioether (sulfide) groups is 1. The summed E-state index contributed by atoms with van der Waals surface area (Å²) >= 11 is 1.32. The minimum atomic E-state index is -1.17. The van der Waals surface area contributed by atoms with Gasteiger partial charge in [0.25, 0.3) is 0 Å². The van der Waals surface area contributed by atoms with E-state index in [-0.39, 0.29) is 17.0 Å². The van der Waals surface area contributed by atoms with E-state index in [9.17, 15) is 14.4 Å². The van der Waals surface area contributed by atoms with Crippen molar-refractivity contribution in [1.29, 1.82) is 0 Å². The fraction of sp³-hybridized carbons (Fsp3) is 0.214. The van der Waals surface area contributed by atoms with Gasteiger partial charge in [-0.25, -0.2) is 4.79 Å². The zero-order valence-electron chi connectivity index (χ0n) is 11.0. The molecule has 0 heterocycles. The molecule has 0 spiro atoms. The number of carboxylic acid groups (broad SMARTS) is 1. The topological polar surface area (TPSA) is 80.7 Å². The molecule has 0 amide bonds. The molecule has 0 bridgehead atoms.